The first kappa shape index (κ1) is 16.2. The van der Waals surface area contributed by atoms with Crippen LogP contribution in [-0.4, -0.2) is 21.4 Å². The Morgan fingerprint density at radius 1 is 1.35 bits per heavy atom. The van der Waals surface area contributed by atoms with E-state index in [9.17, 15) is 18.0 Å². The molecule has 0 unspecified atom stereocenters. The normalized spacial score (nSPS) is 15.5. The summed E-state index contributed by atoms with van der Waals surface area (Å²) in [6.45, 7) is 1.48. The highest BCUT2D eigenvalue weighted by molar-refractivity contribution is 9.10. The van der Waals surface area contributed by atoms with Gasteiger partial charge in [-0.2, -0.15) is 13.2 Å². The molecule has 0 fully saturated rings. The minimum Gasteiger partial charge on any atom is -0.303 e. The summed E-state index contributed by atoms with van der Waals surface area (Å²) in [4.78, 5) is 19.4. The first-order valence-electron chi connectivity index (χ1n) is 6.99. The zero-order valence-electron chi connectivity index (χ0n) is 12.0. The number of hydrogen-bond acceptors (Lipinski definition) is 3. The van der Waals surface area contributed by atoms with Crippen molar-refractivity contribution < 1.29 is 13.2 Å². The van der Waals surface area contributed by atoms with Crippen molar-refractivity contribution in [3.63, 3.8) is 0 Å². The summed E-state index contributed by atoms with van der Waals surface area (Å²) < 4.78 is 39.0. The van der Waals surface area contributed by atoms with E-state index in [-0.39, 0.29) is 5.69 Å². The molecule has 1 aliphatic heterocycles. The predicted octanol–water partition coefficient (Wildman–Crippen LogP) is 3.11. The summed E-state index contributed by atoms with van der Waals surface area (Å²) in [5, 5.41) is 0. The van der Waals surface area contributed by atoms with E-state index in [1.165, 1.54) is 0 Å². The van der Waals surface area contributed by atoms with Gasteiger partial charge in [-0.05, 0) is 17.7 Å². The average Bonchev–Trinajstić information content (AvgIpc) is 2.47. The topological polar surface area (TPSA) is 49.0 Å². The molecule has 0 amide bonds. The highest BCUT2D eigenvalue weighted by Crippen LogP contribution is 2.26. The molecule has 0 aliphatic carbocycles. The maximum Gasteiger partial charge on any atom is 0.449 e. The van der Waals surface area contributed by atoms with Crippen molar-refractivity contribution in [3.8, 4) is 0 Å². The monoisotopic (exact) mass is 387 g/mol. The van der Waals surface area contributed by atoms with E-state index < -0.39 is 17.6 Å². The van der Waals surface area contributed by atoms with Crippen LogP contribution in [0.4, 0.5) is 13.2 Å². The van der Waals surface area contributed by atoms with Gasteiger partial charge in [0.05, 0.1) is 11.3 Å². The maximum absolute atomic E-state index is 12.7. The van der Waals surface area contributed by atoms with Gasteiger partial charge in [0.1, 0.15) is 0 Å². The van der Waals surface area contributed by atoms with Gasteiger partial charge >= 0.3 is 6.18 Å². The van der Waals surface area contributed by atoms with Crippen LogP contribution in [0.25, 0.3) is 0 Å². The van der Waals surface area contributed by atoms with Crippen molar-refractivity contribution in [2.24, 2.45) is 0 Å². The number of rotatable bonds is 2. The van der Waals surface area contributed by atoms with E-state index in [1.807, 2.05) is 34.1 Å². The number of alkyl halides is 3. The lowest BCUT2D eigenvalue weighted by molar-refractivity contribution is -0.145. The van der Waals surface area contributed by atoms with E-state index in [0.717, 1.165) is 10.0 Å². The molecule has 122 valence electrons. The number of hydrogen-bond donors (Lipinski definition) is 1. The van der Waals surface area contributed by atoms with Gasteiger partial charge in [0, 0.05) is 30.5 Å². The highest BCUT2D eigenvalue weighted by atomic mass is 79.9. The molecule has 0 atom stereocenters. The molecule has 4 nitrogen and oxygen atoms in total. The van der Waals surface area contributed by atoms with Crippen molar-refractivity contribution in [1.82, 2.24) is 14.9 Å². The van der Waals surface area contributed by atoms with E-state index in [2.05, 4.69) is 20.9 Å². The summed E-state index contributed by atoms with van der Waals surface area (Å²) in [6.07, 6.45) is -4.31. The van der Waals surface area contributed by atoms with Crippen LogP contribution in [0.15, 0.2) is 33.5 Å². The molecule has 8 heteroatoms. The van der Waals surface area contributed by atoms with E-state index >= 15 is 0 Å². The van der Waals surface area contributed by atoms with Crippen LogP contribution in [-0.2, 0) is 25.7 Å². The molecule has 23 heavy (non-hydrogen) atoms. The van der Waals surface area contributed by atoms with Gasteiger partial charge < -0.3 is 4.98 Å². The molecule has 1 N–H and O–H groups in total. The molecular formula is C15H13BrF3N3O. The Bertz CT molecular complexity index is 788. The molecule has 0 saturated heterocycles. The minimum atomic E-state index is -4.64. The number of benzene rings is 1. The molecule has 0 bridgehead atoms. The van der Waals surface area contributed by atoms with Gasteiger partial charge in [0.15, 0.2) is 0 Å². The Kier molecular flexibility index (Phi) is 4.29. The SMILES string of the molecule is O=c1[nH]c(C(F)(F)F)nc2c1CN(Cc1cccc(Br)c1)CC2. The third kappa shape index (κ3) is 3.64. The molecular weight excluding hydrogens is 375 g/mol. The third-order valence-electron chi connectivity index (χ3n) is 3.71. The largest absolute Gasteiger partial charge is 0.449 e. The lowest BCUT2D eigenvalue weighted by atomic mass is 10.1. The van der Waals surface area contributed by atoms with Gasteiger partial charge in [-0.25, -0.2) is 4.98 Å². The molecule has 3 rings (SSSR count). The first-order chi connectivity index (χ1) is 10.8. The highest BCUT2D eigenvalue weighted by Gasteiger charge is 2.35. The van der Waals surface area contributed by atoms with Crippen molar-refractivity contribution in [2.45, 2.75) is 25.7 Å². The smallest absolute Gasteiger partial charge is 0.303 e. The van der Waals surface area contributed by atoms with E-state index in [1.54, 1.807) is 0 Å². The summed E-state index contributed by atoms with van der Waals surface area (Å²) in [5.41, 5.74) is 0.922. The number of nitrogens with one attached hydrogen (secondary N) is 1. The van der Waals surface area contributed by atoms with Gasteiger partial charge in [-0.1, -0.05) is 28.1 Å². The van der Waals surface area contributed by atoms with Crippen LogP contribution in [0.2, 0.25) is 0 Å². The van der Waals surface area contributed by atoms with Gasteiger partial charge in [0.2, 0.25) is 5.82 Å². The molecule has 1 aromatic heterocycles. The fraction of sp³-hybridized carbons (Fsp3) is 0.333. The Labute approximate surface area is 138 Å². The van der Waals surface area contributed by atoms with Crippen molar-refractivity contribution in [2.75, 3.05) is 6.54 Å². The number of fused-ring (bicyclic) bond motifs is 1. The second-order valence-electron chi connectivity index (χ2n) is 5.43. The third-order valence-corrected chi connectivity index (χ3v) is 4.20. The number of aromatic nitrogens is 2. The van der Waals surface area contributed by atoms with Gasteiger partial charge in [-0.15, -0.1) is 0 Å². The fourth-order valence-corrected chi connectivity index (χ4v) is 3.09. The van der Waals surface area contributed by atoms with E-state index in [4.69, 9.17) is 0 Å². The van der Waals surface area contributed by atoms with Crippen molar-refractivity contribution in [1.29, 1.82) is 0 Å². The lowest BCUT2D eigenvalue weighted by Crippen LogP contribution is -2.36. The zero-order chi connectivity index (χ0) is 16.6. The van der Waals surface area contributed by atoms with Gasteiger partial charge in [0.25, 0.3) is 5.56 Å². The van der Waals surface area contributed by atoms with E-state index in [0.29, 0.717) is 31.6 Å². The molecule has 2 heterocycles. The number of H-pyrrole nitrogens is 1. The molecule has 0 spiro atoms. The van der Waals surface area contributed by atoms with Crippen molar-refractivity contribution in [3.05, 3.63) is 61.7 Å². The van der Waals surface area contributed by atoms with Crippen LogP contribution in [0.5, 0.6) is 0 Å². The first-order valence-corrected chi connectivity index (χ1v) is 7.78. The predicted molar refractivity (Wildman–Crippen MR) is 81.8 cm³/mol. The second-order valence-corrected chi connectivity index (χ2v) is 6.34. The zero-order valence-corrected chi connectivity index (χ0v) is 13.5. The number of halogens is 4. The summed E-state index contributed by atoms with van der Waals surface area (Å²) in [5.74, 6) is -1.22. The maximum atomic E-state index is 12.7. The summed E-state index contributed by atoms with van der Waals surface area (Å²) in [6, 6.07) is 7.78. The molecule has 0 saturated carbocycles. The van der Waals surface area contributed by atoms with Crippen LogP contribution in [0.3, 0.4) is 0 Å². The van der Waals surface area contributed by atoms with Gasteiger partial charge in [-0.3, -0.25) is 9.69 Å². The summed E-state index contributed by atoms with van der Waals surface area (Å²) in [7, 11) is 0. The van der Waals surface area contributed by atoms with Crippen LogP contribution in [0, 0.1) is 0 Å². The summed E-state index contributed by atoms with van der Waals surface area (Å²) >= 11 is 3.40. The number of nitrogens with zero attached hydrogens (tertiary/aromatic N) is 2. The second kappa shape index (κ2) is 6.09. The van der Waals surface area contributed by atoms with Crippen LogP contribution in [0.1, 0.15) is 22.6 Å². The lowest BCUT2D eigenvalue weighted by Gasteiger charge is -2.27. The van der Waals surface area contributed by atoms with Crippen LogP contribution >= 0.6 is 15.9 Å². The Morgan fingerprint density at radius 2 is 2.13 bits per heavy atom. The quantitative estimate of drug-likeness (QED) is 0.861. The molecule has 1 aliphatic rings. The molecule has 1 aromatic carbocycles. The Hall–Kier alpha value is -1.67. The Balaban J connectivity index is 1.83. The standard InChI is InChI=1S/C15H13BrF3N3O/c16-10-3-1-2-9(6-10)7-22-5-4-12-11(8-22)13(23)21-14(20-12)15(17,18)19/h1-3,6H,4-5,7-8H2,(H,20,21,23). The average molecular weight is 388 g/mol. The molecule has 0 radical (unpaired) electrons. The van der Waals surface area contributed by atoms with Crippen molar-refractivity contribution >= 4 is 15.9 Å². The number of aromatic amines is 1. The Morgan fingerprint density at radius 3 is 2.83 bits per heavy atom. The fourth-order valence-electron chi connectivity index (χ4n) is 2.64. The molecule has 2 aromatic rings. The van der Waals surface area contributed by atoms with Crippen LogP contribution < -0.4 is 5.56 Å². The minimum absolute atomic E-state index is 0.242.